The first kappa shape index (κ1) is 20.0. The minimum atomic E-state index is -0.874. The lowest BCUT2D eigenvalue weighted by Gasteiger charge is -2.20. The van der Waals surface area contributed by atoms with E-state index < -0.39 is 12.1 Å². The minimum absolute atomic E-state index is 0.0101. The molecule has 0 aliphatic rings. The van der Waals surface area contributed by atoms with E-state index in [2.05, 4.69) is 10.6 Å². The van der Waals surface area contributed by atoms with Gasteiger partial charge in [-0.05, 0) is 37.7 Å². The first-order valence-corrected chi connectivity index (χ1v) is 8.35. The van der Waals surface area contributed by atoms with Crippen molar-refractivity contribution in [1.29, 1.82) is 0 Å². The lowest BCUT2D eigenvalue weighted by atomic mass is 10.0. The topological polar surface area (TPSA) is 98.7 Å². The van der Waals surface area contributed by atoms with E-state index in [1.54, 1.807) is 6.92 Å². The Balaban J connectivity index is 2.50. The summed E-state index contributed by atoms with van der Waals surface area (Å²) in [4.78, 5) is 22.9. The van der Waals surface area contributed by atoms with Gasteiger partial charge < -0.3 is 20.8 Å². The van der Waals surface area contributed by atoms with Crippen LogP contribution in [0.1, 0.15) is 38.7 Å². The maximum absolute atomic E-state index is 12.0. The fourth-order valence-electron chi connectivity index (χ4n) is 2.59. The number of carboxylic acids is 1. The summed E-state index contributed by atoms with van der Waals surface area (Å²) >= 11 is 0. The third-order valence-corrected chi connectivity index (χ3v) is 3.72. The van der Waals surface area contributed by atoms with E-state index in [4.69, 9.17) is 5.11 Å². The number of urea groups is 1. The summed E-state index contributed by atoms with van der Waals surface area (Å²) in [5.74, 6) is -0.705. The summed E-state index contributed by atoms with van der Waals surface area (Å²) < 4.78 is 0. The Morgan fingerprint density at radius 2 is 1.83 bits per heavy atom. The van der Waals surface area contributed by atoms with Gasteiger partial charge in [-0.25, -0.2) is 4.79 Å². The van der Waals surface area contributed by atoms with Crippen LogP contribution in [0.25, 0.3) is 0 Å². The lowest BCUT2D eigenvalue weighted by Crippen LogP contribution is -2.44. The number of carbonyl (C=O) groups excluding carboxylic acids is 1. The van der Waals surface area contributed by atoms with Gasteiger partial charge in [0, 0.05) is 19.0 Å². The zero-order valence-electron chi connectivity index (χ0n) is 14.4. The Hall–Kier alpha value is -2.08. The van der Waals surface area contributed by atoms with E-state index in [9.17, 15) is 14.7 Å². The number of benzene rings is 1. The molecule has 1 rings (SSSR count). The zero-order chi connectivity index (χ0) is 17.9. The molecule has 134 valence electrons. The van der Waals surface area contributed by atoms with E-state index in [0.717, 1.165) is 5.56 Å². The van der Waals surface area contributed by atoms with Crippen LogP contribution < -0.4 is 10.6 Å². The van der Waals surface area contributed by atoms with Crippen molar-refractivity contribution in [2.75, 3.05) is 6.54 Å². The molecule has 0 aliphatic heterocycles. The summed E-state index contributed by atoms with van der Waals surface area (Å²) in [6, 6.07) is 9.12. The van der Waals surface area contributed by atoms with Gasteiger partial charge in [0.25, 0.3) is 0 Å². The molecule has 24 heavy (non-hydrogen) atoms. The van der Waals surface area contributed by atoms with Gasteiger partial charge in [-0.2, -0.15) is 0 Å². The van der Waals surface area contributed by atoms with Crippen molar-refractivity contribution < 1.29 is 19.8 Å². The minimum Gasteiger partial charge on any atom is -0.481 e. The summed E-state index contributed by atoms with van der Waals surface area (Å²) in [6.07, 6.45) is 1.19. The maximum Gasteiger partial charge on any atom is 0.315 e. The molecule has 4 N–H and O–H groups in total. The van der Waals surface area contributed by atoms with E-state index in [0.29, 0.717) is 25.8 Å². The van der Waals surface area contributed by atoms with E-state index in [-0.39, 0.29) is 24.4 Å². The molecule has 0 aliphatic carbocycles. The van der Waals surface area contributed by atoms with Gasteiger partial charge in [-0.3, -0.25) is 4.79 Å². The monoisotopic (exact) mass is 336 g/mol. The van der Waals surface area contributed by atoms with Gasteiger partial charge in [0.05, 0.1) is 6.10 Å². The van der Waals surface area contributed by atoms with Crippen molar-refractivity contribution >= 4 is 12.0 Å². The molecule has 3 atom stereocenters. The number of rotatable bonds is 10. The molecule has 2 amide bonds. The average Bonchev–Trinajstić information content (AvgIpc) is 2.51. The Labute approximate surface area is 143 Å². The molecular weight excluding hydrogens is 308 g/mol. The molecule has 1 aromatic carbocycles. The summed E-state index contributed by atoms with van der Waals surface area (Å²) in [5, 5.41) is 23.8. The molecule has 3 unspecified atom stereocenters. The molecule has 0 saturated heterocycles. The first-order chi connectivity index (χ1) is 11.4. The van der Waals surface area contributed by atoms with Crippen molar-refractivity contribution in [1.82, 2.24) is 10.6 Å². The SMILES string of the molecule is CC(O)CC(C)CNC(=O)NC(CCC(=O)O)Cc1ccccc1. The molecule has 0 bridgehead atoms. The maximum atomic E-state index is 12.0. The third-order valence-electron chi connectivity index (χ3n) is 3.72. The van der Waals surface area contributed by atoms with Gasteiger partial charge >= 0.3 is 12.0 Å². The van der Waals surface area contributed by atoms with Crippen LogP contribution in [-0.4, -0.2) is 40.9 Å². The van der Waals surface area contributed by atoms with Crippen molar-refractivity contribution in [3.05, 3.63) is 35.9 Å². The second kappa shape index (κ2) is 10.6. The Morgan fingerprint density at radius 1 is 1.17 bits per heavy atom. The number of hydrogen-bond donors (Lipinski definition) is 4. The summed E-state index contributed by atoms with van der Waals surface area (Å²) in [6.45, 7) is 4.14. The van der Waals surface area contributed by atoms with Gasteiger partial charge in [0.1, 0.15) is 0 Å². The number of nitrogens with one attached hydrogen (secondary N) is 2. The number of aliphatic carboxylic acids is 1. The molecule has 0 radical (unpaired) electrons. The number of aliphatic hydroxyl groups excluding tert-OH is 1. The number of amides is 2. The van der Waals surface area contributed by atoms with E-state index in [1.165, 1.54) is 0 Å². The predicted octanol–water partition coefficient (Wildman–Crippen LogP) is 2.17. The molecule has 1 aromatic rings. The fraction of sp³-hybridized carbons (Fsp3) is 0.556. The average molecular weight is 336 g/mol. The van der Waals surface area contributed by atoms with Crippen LogP contribution in [0.4, 0.5) is 4.79 Å². The van der Waals surface area contributed by atoms with Crippen molar-refractivity contribution in [2.45, 2.75) is 51.7 Å². The van der Waals surface area contributed by atoms with Crippen LogP contribution in [0.3, 0.4) is 0 Å². The number of aliphatic hydroxyl groups is 1. The van der Waals surface area contributed by atoms with Crippen molar-refractivity contribution in [3.63, 3.8) is 0 Å². The van der Waals surface area contributed by atoms with Gasteiger partial charge in [-0.1, -0.05) is 37.3 Å². The molecule has 0 aromatic heterocycles. The number of carbonyl (C=O) groups is 2. The Kier molecular flexibility index (Phi) is 8.86. The molecule has 6 heteroatoms. The zero-order valence-corrected chi connectivity index (χ0v) is 14.4. The third kappa shape index (κ3) is 9.15. The summed E-state index contributed by atoms with van der Waals surface area (Å²) in [5.41, 5.74) is 1.05. The van der Waals surface area contributed by atoms with Gasteiger partial charge in [0.15, 0.2) is 0 Å². The number of hydrogen-bond acceptors (Lipinski definition) is 3. The van der Waals surface area contributed by atoms with Gasteiger partial charge in [0.2, 0.25) is 0 Å². The lowest BCUT2D eigenvalue weighted by molar-refractivity contribution is -0.137. The fourth-order valence-corrected chi connectivity index (χ4v) is 2.59. The largest absolute Gasteiger partial charge is 0.481 e. The quantitative estimate of drug-likeness (QED) is 0.526. The van der Waals surface area contributed by atoms with Crippen LogP contribution in [-0.2, 0) is 11.2 Å². The highest BCUT2D eigenvalue weighted by molar-refractivity contribution is 5.74. The highest BCUT2D eigenvalue weighted by Gasteiger charge is 2.15. The van der Waals surface area contributed by atoms with Crippen LogP contribution in [0.15, 0.2) is 30.3 Å². The van der Waals surface area contributed by atoms with Crippen molar-refractivity contribution in [3.8, 4) is 0 Å². The normalized spacial score (nSPS) is 14.5. The molecule has 6 nitrogen and oxygen atoms in total. The number of carboxylic acid groups (broad SMARTS) is 1. The Morgan fingerprint density at radius 3 is 2.42 bits per heavy atom. The Bertz CT molecular complexity index is 505. The summed E-state index contributed by atoms with van der Waals surface area (Å²) in [7, 11) is 0. The van der Waals surface area contributed by atoms with Crippen molar-refractivity contribution in [2.24, 2.45) is 5.92 Å². The highest BCUT2D eigenvalue weighted by Crippen LogP contribution is 2.08. The first-order valence-electron chi connectivity index (χ1n) is 8.35. The highest BCUT2D eigenvalue weighted by atomic mass is 16.4. The van der Waals surface area contributed by atoms with Gasteiger partial charge in [-0.15, -0.1) is 0 Å². The van der Waals surface area contributed by atoms with Crippen LogP contribution >= 0.6 is 0 Å². The van der Waals surface area contributed by atoms with Crippen LogP contribution in [0, 0.1) is 5.92 Å². The molecule has 0 fully saturated rings. The second-order valence-corrected chi connectivity index (χ2v) is 6.36. The van der Waals surface area contributed by atoms with E-state index in [1.807, 2.05) is 37.3 Å². The molecule has 0 heterocycles. The smallest absolute Gasteiger partial charge is 0.315 e. The van der Waals surface area contributed by atoms with E-state index >= 15 is 0 Å². The molecule has 0 saturated carbocycles. The van der Waals surface area contributed by atoms with Crippen LogP contribution in [0.2, 0.25) is 0 Å². The second-order valence-electron chi connectivity index (χ2n) is 6.36. The predicted molar refractivity (Wildman–Crippen MR) is 92.8 cm³/mol. The van der Waals surface area contributed by atoms with Crippen LogP contribution in [0.5, 0.6) is 0 Å². The molecule has 0 spiro atoms. The molecular formula is C18H28N2O4. The standard InChI is InChI=1S/C18H28N2O4/c1-13(10-14(2)21)12-19-18(24)20-16(8-9-17(22)23)11-15-6-4-3-5-7-15/h3-7,13-14,16,21H,8-12H2,1-2H3,(H,22,23)(H2,19,20,24).